The van der Waals surface area contributed by atoms with E-state index >= 15 is 0 Å². The molecule has 1 aromatic carbocycles. The molecule has 0 aromatic heterocycles. The highest BCUT2D eigenvalue weighted by atomic mass is 127. The third-order valence-electron chi connectivity index (χ3n) is 3.44. The lowest BCUT2D eigenvalue weighted by Gasteiger charge is -2.40. The van der Waals surface area contributed by atoms with Crippen molar-refractivity contribution >= 4 is 14.0 Å². The second kappa shape index (κ2) is 8.31. The van der Waals surface area contributed by atoms with Gasteiger partial charge in [-0.3, -0.25) is 0 Å². The van der Waals surface area contributed by atoms with Crippen molar-refractivity contribution in [3.8, 4) is 5.75 Å². The summed E-state index contributed by atoms with van der Waals surface area (Å²) >= 11 is 0. The number of nitrogens with zero attached hydrogens (tertiary/aromatic N) is 1. The summed E-state index contributed by atoms with van der Waals surface area (Å²) in [6.07, 6.45) is 0.999. The molecule has 0 saturated heterocycles. The molecule has 0 amide bonds. The van der Waals surface area contributed by atoms with E-state index in [0.717, 1.165) is 17.5 Å². The van der Waals surface area contributed by atoms with Gasteiger partial charge in [0, 0.05) is 5.56 Å². The molecule has 0 radical (unpaired) electrons. The molecule has 22 heavy (non-hydrogen) atoms. The number of likely N-dealkylation sites (N-methyl/N-ethyl adjacent to an activating group) is 1. The van der Waals surface area contributed by atoms with Crippen LogP contribution in [0.4, 0.5) is 0 Å². The highest BCUT2D eigenvalue weighted by Gasteiger charge is 2.40. The van der Waals surface area contributed by atoms with Crippen LogP contribution in [-0.4, -0.2) is 53.0 Å². The van der Waals surface area contributed by atoms with Gasteiger partial charge in [-0.15, -0.1) is 0 Å². The lowest BCUT2D eigenvalue weighted by atomic mass is 10.0. The van der Waals surface area contributed by atoms with Crippen LogP contribution in [0.25, 0.3) is 0 Å². The van der Waals surface area contributed by atoms with Crippen LogP contribution in [0.2, 0.25) is 19.6 Å². The molecule has 1 atom stereocenters. The third-order valence-corrected chi connectivity index (χ3v) is 5.20. The van der Waals surface area contributed by atoms with Crippen LogP contribution in [0.5, 0.6) is 5.75 Å². The smallest absolute Gasteiger partial charge is 0.369 e. The zero-order valence-electron chi connectivity index (χ0n) is 14.6. The number of ether oxygens (including phenoxy) is 2. The number of carbonyl (C=O) groups is 1. The van der Waals surface area contributed by atoms with Crippen LogP contribution < -0.4 is 28.7 Å². The van der Waals surface area contributed by atoms with Crippen LogP contribution in [0.1, 0.15) is 11.6 Å². The molecule has 0 bridgehead atoms. The van der Waals surface area contributed by atoms with Gasteiger partial charge in [0.15, 0.2) is 0 Å². The fraction of sp³-hybridized carbons (Fsp3) is 0.562. The van der Waals surface area contributed by atoms with E-state index in [0.29, 0.717) is 4.48 Å². The highest BCUT2D eigenvalue weighted by molar-refractivity contribution is 6.76. The van der Waals surface area contributed by atoms with E-state index in [1.54, 1.807) is 7.11 Å². The summed E-state index contributed by atoms with van der Waals surface area (Å²) in [6.45, 7) is 6.94. The maximum Gasteiger partial charge on any atom is 0.369 e. The fourth-order valence-electron chi connectivity index (χ4n) is 3.04. The summed E-state index contributed by atoms with van der Waals surface area (Å²) in [4.78, 5) is 12.3. The lowest BCUT2D eigenvalue weighted by molar-refractivity contribution is -0.903. The molecule has 0 aliphatic rings. The number of benzene rings is 1. The molecule has 4 nitrogen and oxygen atoms in total. The van der Waals surface area contributed by atoms with Gasteiger partial charge in [0.25, 0.3) is 0 Å². The van der Waals surface area contributed by atoms with Gasteiger partial charge in [-0.25, -0.2) is 4.79 Å². The molecule has 0 fully saturated rings. The van der Waals surface area contributed by atoms with Crippen LogP contribution in [-0.2, 0) is 9.53 Å². The number of halogens is 1. The molecule has 126 valence electrons. The van der Waals surface area contributed by atoms with Crippen LogP contribution >= 0.6 is 0 Å². The van der Waals surface area contributed by atoms with Crippen molar-refractivity contribution in [2.45, 2.75) is 25.7 Å². The molecule has 1 aromatic rings. The van der Waals surface area contributed by atoms with Crippen LogP contribution in [0.15, 0.2) is 24.3 Å². The van der Waals surface area contributed by atoms with E-state index in [4.69, 9.17) is 9.47 Å². The molecule has 0 aliphatic carbocycles. The lowest BCUT2D eigenvalue weighted by Crippen LogP contribution is -3.00. The molecule has 0 saturated carbocycles. The van der Waals surface area contributed by atoms with Gasteiger partial charge < -0.3 is 37.9 Å². The first-order valence-corrected chi connectivity index (χ1v) is 10.9. The van der Waals surface area contributed by atoms with Crippen molar-refractivity contribution in [2.24, 2.45) is 0 Å². The molecule has 0 heterocycles. The minimum atomic E-state index is -1.32. The highest BCUT2D eigenvalue weighted by Crippen LogP contribution is 2.29. The first-order chi connectivity index (χ1) is 9.60. The maximum atomic E-state index is 12.3. The Morgan fingerprint density at radius 3 is 2.00 bits per heavy atom. The van der Waals surface area contributed by atoms with Crippen molar-refractivity contribution in [3.05, 3.63) is 29.8 Å². The minimum Gasteiger partial charge on any atom is -1.00 e. The first kappa shape index (κ1) is 21.4. The third kappa shape index (κ3) is 5.89. The van der Waals surface area contributed by atoms with Gasteiger partial charge in [0.05, 0.1) is 34.5 Å². The molecular weight excluding hydrogens is 409 g/mol. The zero-order valence-corrected chi connectivity index (χ0v) is 17.8. The zero-order chi connectivity index (χ0) is 16.3. The Morgan fingerprint density at radius 1 is 1.14 bits per heavy atom. The normalized spacial score (nSPS) is 13.0. The summed E-state index contributed by atoms with van der Waals surface area (Å²) in [5.41, 5.74) is 0.964. The molecule has 0 aliphatic heterocycles. The Balaban J connectivity index is 0.00000441. The first-order valence-electron chi connectivity index (χ1n) is 7.15. The predicted molar refractivity (Wildman–Crippen MR) is 88.1 cm³/mol. The van der Waals surface area contributed by atoms with Crippen molar-refractivity contribution in [1.29, 1.82) is 0 Å². The molecule has 1 unspecified atom stereocenters. The monoisotopic (exact) mass is 437 g/mol. The van der Waals surface area contributed by atoms with E-state index in [-0.39, 0.29) is 36.0 Å². The standard InChI is InChI=1S/C16H28NO3Si.HI/c1-17(2,12-21(5,6)7)15(16(18)20-4)13-8-10-14(19-3)11-9-13;/h8-11,15H,12H2,1-7H3;1H/q+1;/p-1. The average molecular weight is 437 g/mol. The summed E-state index contributed by atoms with van der Waals surface area (Å²) in [5.74, 6) is 0.598. The Morgan fingerprint density at radius 2 is 1.64 bits per heavy atom. The number of hydrogen-bond acceptors (Lipinski definition) is 3. The summed E-state index contributed by atoms with van der Waals surface area (Å²) in [7, 11) is 5.97. The molecule has 1 rings (SSSR count). The quantitative estimate of drug-likeness (QED) is 0.269. The molecule has 0 N–H and O–H groups in total. The van der Waals surface area contributed by atoms with E-state index in [1.165, 1.54) is 7.11 Å². The van der Waals surface area contributed by atoms with Crippen molar-refractivity contribution in [1.82, 2.24) is 0 Å². The topological polar surface area (TPSA) is 35.5 Å². The number of esters is 1. The van der Waals surface area contributed by atoms with Gasteiger partial charge in [-0.2, -0.15) is 0 Å². The largest absolute Gasteiger partial charge is 1.00 e. The van der Waals surface area contributed by atoms with E-state index in [1.807, 2.05) is 24.3 Å². The van der Waals surface area contributed by atoms with E-state index in [9.17, 15) is 4.79 Å². The second-order valence-corrected chi connectivity index (χ2v) is 12.6. The molecule has 6 heteroatoms. The van der Waals surface area contributed by atoms with E-state index < -0.39 is 8.07 Å². The van der Waals surface area contributed by atoms with Gasteiger partial charge in [0.1, 0.15) is 13.8 Å². The summed E-state index contributed by atoms with van der Waals surface area (Å²) < 4.78 is 10.8. The van der Waals surface area contributed by atoms with Gasteiger partial charge in [-0.1, -0.05) is 19.6 Å². The Labute approximate surface area is 152 Å². The van der Waals surface area contributed by atoms with E-state index in [2.05, 4.69) is 33.7 Å². The number of methoxy groups -OCH3 is 2. The number of carbonyl (C=O) groups excluding carboxylic acids is 1. The van der Waals surface area contributed by atoms with Gasteiger partial charge in [-0.05, 0) is 24.3 Å². The van der Waals surface area contributed by atoms with Crippen LogP contribution in [0.3, 0.4) is 0 Å². The van der Waals surface area contributed by atoms with Crippen molar-refractivity contribution < 1.29 is 42.7 Å². The van der Waals surface area contributed by atoms with Gasteiger partial charge >= 0.3 is 5.97 Å². The average Bonchev–Trinajstić information content (AvgIpc) is 2.36. The molecular formula is C16H28INO3Si. The minimum absolute atomic E-state index is 0. The Hall–Kier alpha value is -0.603. The number of hydrogen-bond donors (Lipinski definition) is 0. The predicted octanol–water partition coefficient (Wildman–Crippen LogP) is -0.133. The Bertz CT molecular complexity index is 483. The Kier molecular flexibility index (Phi) is 8.08. The second-order valence-electron chi connectivity index (χ2n) is 7.20. The van der Waals surface area contributed by atoms with Gasteiger partial charge in [0.2, 0.25) is 6.04 Å². The summed E-state index contributed by atoms with van der Waals surface area (Å²) in [5, 5.41) is 0. The number of rotatable bonds is 6. The number of quaternary nitrogens is 1. The fourth-order valence-corrected chi connectivity index (χ4v) is 5.66. The van der Waals surface area contributed by atoms with Crippen LogP contribution in [0, 0.1) is 0 Å². The van der Waals surface area contributed by atoms with Crippen molar-refractivity contribution in [2.75, 3.05) is 34.5 Å². The maximum absolute atomic E-state index is 12.3. The van der Waals surface area contributed by atoms with Crippen molar-refractivity contribution in [3.63, 3.8) is 0 Å². The molecule has 0 spiro atoms. The SMILES string of the molecule is COC(=O)C(c1ccc(OC)cc1)[N+](C)(C)C[Si](C)(C)C.[I-]. The summed E-state index contributed by atoms with van der Waals surface area (Å²) in [6, 6.07) is 7.36.